The summed E-state index contributed by atoms with van der Waals surface area (Å²) >= 11 is 1.82. The molecular formula is C32H29NOS. The topological polar surface area (TPSA) is 26.0 Å². The van der Waals surface area contributed by atoms with Gasteiger partial charge in [-0.3, -0.25) is 4.98 Å². The van der Waals surface area contributed by atoms with E-state index >= 15 is 0 Å². The summed E-state index contributed by atoms with van der Waals surface area (Å²) in [5.74, 6) is 0.373. The number of hydrogen-bond donors (Lipinski definition) is 0. The normalized spacial score (nSPS) is 12.0. The Morgan fingerprint density at radius 3 is 2.20 bits per heavy atom. The fourth-order valence-corrected chi connectivity index (χ4v) is 6.54. The molecule has 0 spiro atoms. The molecule has 0 aliphatic heterocycles. The molecule has 6 aromatic rings. The Morgan fingerprint density at radius 2 is 1.46 bits per heavy atom. The summed E-state index contributed by atoms with van der Waals surface area (Å²) in [6.45, 7) is 13.3. The first-order chi connectivity index (χ1) is 16.8. The molecule has 3 aromatic carbocycles. The van der Waals surface area contributed by atoms with Crippen molar-refractivity contribution >= 4 is 43.4 Å². The number of fused-ring (bicyclic) bond motifs is 5. The second-order valence-corrected chi connectivity index (χ2v) is 11.2. The highest BCUT2D eigenvalue weighted by molar-refractivity contribution is 7.20. The molecule has 0 aliphatic carbocycles. The fourth-order valence-electron chi connectivity index (χ4n) is 5.40. The van der Waals surface area contributed by atoms with Crippen LogP contribution in [0.5, 0.6) is 0 Å². The van der Waals surface area contributed by atoms with Crippen LogP contribution in [0.1, 0.15) is 46.9 Å². The minimum Gasteiger partial charge on any atom is -0.454 e. The Kier molecular flexibility index (Phi) is 5.08. The maximum Gasteiger partial charge on any atom is 0.153 e. The molecule has 3 heteroatoms. The van der Waals surface area contributed by atoms with Gasteiger partial charge < -0.3 is 4.42 Å². The zero-order valence-corrected chi connectivity index (χ0v) is 21.9. The zero-order valence-electron chi connectivity index (χ0n) is 21.1. The number of pyridine rings is 1. The van der Waals surface area contributed by atoms with Gasteiger partial charge in [-0.05, 0) is 85.0 Å². The molecule has 174 valence electrons. The van der Waals surface area contributed by atoms with Crippen LogP contribution in [0.2, 0.25) is 0 Å². The van der Waals surface area contributed by atoms with Crippen molar-refractivity contribution in [2.75, 3.05) is 0 Å². The summed E-state index contributed by atoms with van der Waals surface area (Å²) in [7, 11) is 0. The van der Waals surface area contributed by atoms with Gasteiger partial charge in [0.1, 0.15) is 5.58 Å². The van der Waals surface area contributed by atoms with Crippen LogP contribution in [0.25, 0.3) is 54.4 Å². The minimum absolute atomic E-state index is 0.373. The van der Waals surface area contributed by atoms with Gasteiger partial charge in [-0.1, -0.05) is 50.2 Å². The van der Waals surface area contributed by atoms with Crippen LogP contribution < -0.4 is 0 Å². The van der Waals surface area contributed by atoms with E-state index in [0.29, 0.717) is 5.92 Å². The highest BCUT2D eigenvalue weighted by Gasteiger charge is 2.19. The summed E-state index contributed by atoms with van der Waals surface area (Å²) in [5, 5.41) is 3.61. The second kappa shape index (κ2) is 8.07. The standard InChI is InChI=1S/C32H29NOS/c1-17(2)26-15-28(33-16-27(26)29-18(3)9-7-10-19(29)4)25-12-8-11-23-24-14-13-22-20(5)21(6)35-32(22)31(24)34-30(23)25/h7-17H,1-6H3. The maximum absolute atomic E-state index is 6.64. The molecule has 0 amide bonds. The first-order valence-corrected chi connectivity index (χ1v) is 13.1. The number of benzene rings is 3. The lowest BCUT2D eigenvalue weighted by molar-refractivity contribution is 0.674. The van der Waals surface area contributed by atoms with E-state index < -0.39 is 0 Å². The second-order valence-electron chi connectivity index (χ2n) is 9.96. The monoisotopic (exact) mass is 475 g/mol. The third-order valence-corrected chi connectivity index (χ3v) is 8.61. The first-order valence-electron chi connectivity index (χ1n) is 12.3. The van der Waals surface area contributed by atoms with Crippen LogP contribution in [0.15, 0.2) is 65.2 Å². The average molecular weight is 476 g/mol. The van der Waals surface area contributed by atoms with E-state index in [1.165, 1.54) is 53.7 Å². The predicted octanol–water partition coefficient (Wildman–Crippen LogP) is 9.89. The van der Waals surface area contributed by atoms with Crippen molar-refractivity contribution in [3.8, 4) is 22.4 Å². The Labute approximate surface area is 210 Å². The molecule has 0 saturated heterocycles. The highest BCUT2D eigenvalue weighted by Crippen LogP contribution is 2.43. The molecule has 0 N–H and O–H groups in total. The van der Waals surface area contributed by atoms with Gasteiger partial charge in [0, 0.05) is 33.0 Å². The maximum atomic E-state index is 6.64. The number of aromatic nitrogens is 1. The van der Waals surface area contributed by atoms with Gasteiger partial charge >= 0.3 is 0 Å². The van der Waals surface area contributed by atoms with Crippen molar-refractivity contribution in [1.29, 1.82) is 0 Å². The highest BCUT2D eigenvalue weighted by atomic mass is 32.1. The predicted molar refractivity (Wildman–Crippen MR) is 151 cm³/mol. The molecule has 3 aromatic heterocycles. The third kappa shape index (κ3) is 3.33. The molecule has 0 fully saturated rings. The Balaban J connectivity index is 1.60. The summed E-state index contributed by atoms with van der Waals surface area (Å²) < 4.78 is 7.88. The van der Waals surface area contributed by atoms with Gasteiger partial charge in [0.25, 0.3) is 0 Å². The molecule has 35 heavy (non-hydrogen) atoms. The average Bonchev–Trinajstić information content (AvgIpc) is 3.36. The van der Waals surface area contributed by atoms with Gasteiger partial charge in [-0.2, -0.15) is 0 Å². The van der Waals surface area contributed by atoms with E-state index in [1.54, 1.807) is 0 Å². The Bertz CT molecular complexity index is 1750. The van der Waals surface area contributed by atoms with Crippen LogP contribution in [0, 0.1) is 27.7 Å². The van der Waals surface area contributed by atoms with Crippen molar-refractivity contribution < 1.29 is 4.42 Å². The first kappa shape index (κ1) is 22.1. The number of hydrogen-bond acceptors (Lipinski definition) is 3. The van der Waals surface area contributed by atoms with E-state index in [4.69, 9.17) is 9.40 Å². The van der Waals surface area contributed by atoms with E-state index in [2.05, 4.69) is 102 Å². The van der Waals surface area contributed by atoms with Crippen LogP contribution in [-0.4, -0.2) is 4.98 Å². The van der Waals surface area contributed by atoms with Crippen LogP contribution in [-0.2, 0) is 0 Å². The van der Waals surface area contributed by atoms with Gasteiger partial charge in [0.15, 0.2) is 5.58 Å². The van der Waals surface area contributed by atoms with Crippen molar-refractivity contribution in [3.63, 3.8) is 0 Å². The van der Waals surface area contributed by atoms with E-state index in [-0.39, 0.29) is 0 Å². The van der Waals surface area contributed by atoms with Gasteiger partial charge in [-0.15, -0.1) is 11.3 Å². The van der Waals surface area contributed by atoms with Crippen molar-refractivity contribution in [3.05, 3.63) is 87.9 Å². The number of rotatable bonds is 3. The molecule has 6 rings (SSSR count). The largest absolute Gasteiger partial charge is 0.454 e. The van der Waals surface area contributed by atoms with Gasteiger partial charge in [0.2, 0.25) is 0 Å². The van der Waals surface area contributed by atoms with E-state index in [0.717, 1.165) is 27.8 Å². The smallest absolute Gasteiger partial charge is 0.153 e. The number of nitrogens with zero attached hydrogens (tertiary/aromatic N) is 1. The quantitative estimate of drug-likeness (QED) is 0.254. The van der Waals surface area contributed by atoms with Gasteiger partial charge in [-0.25, -0.2) is 0 Å². The van der Waals surface area contributed by atoms with Crippen LogP contribution in [0.3, 0.4) is 0 Å². The lowest BCUT2D eigenvalue weighted by atomic mass is 9.88. The van der Waals surface area contributed by atoms with Crippen molar-refractivity contribution in [2.45, 2.75) is 47.5 Å². The zero-order chi connectivity index (χ0) is 24.4. The molecule has 0 saturated carbocycles. The molecule has 3 heterocycles. The molecule has 0 radical (unpaired) electrons. The summed E-state index contributed by atoms with van der Waals surface area (Å²) in [6, 6.07) is 19.6. The summed E-state index contributed by atoms with van der Waals surface area (Å²) in [4.78, 5) is 6.34. The molecule has 0 atom stereocenters. The Morgan fingerprint density at radius 1 is 0.771 bits per heavy atom. The van der Waals surface area contributed by atoms with Crippen molar-refractivity contribution in [1.82, 2.24) is 4.98 Å². The SMILES string of the molecule is Cc1cccc(C)c1-c1cnc(-c2cccc3c2oc2c3ccc3c(C)c(C)sc32)cc1C(C)C. The number of aryl methyl sites for hydroxylation is 4. The summed E-state index contributed by atoms with van der Waals surface area (Å²) in [5.41, 5.74) is 11.7. The lowest BCUT2D eigenvalue weighted by Crippen LogP contribution is -1.99. The van der Waals surface area contributed by atoms with Crippen molar-refractivity contribution in [2.24, 2.45) is 0 Å². The van der Waals surface area contributed by atoms with Crippen LogP contribution >= 0.6 is 11.3 Å². The number of furan rings is 1. The molecule has 0 bridgehead atoms. The summed E-state index contributed by atoms with van der Waals surface area (Å²) in [6.07, 6.45) is 2.06. The third-order valence-electron chi connectivity index (χ3n) is 7.39. The molecular weight excluding hydrogens is 446 g/mol. The van der Waals surface area contributed by atoms with Crippen LogP contribution in [0.4, 0.5) is 0 Å². The molecule has 0 aliphatic rings. The fraction of sp³-hybridized carbons (Fsp3) is 0.219. The van der Waals surface area contributed by atoms with E-state index in [9.17, 15) is 0 Å². The minimum atomic E-state index is 0.373. The van der Waals surface area contributed by atoms with E-state index in [1.807, 2.05) is 11.3 Å². The van der Waals surface area contributed by atoms with Gasteiger partial charge in [0.05, 0.1) is 10.4 Å². The lowest BCUT2D eigenvalue weighted by Gasteiger charge is -2.18. The molecule has 0 unspecified atom stereocenters. The Hall–Kier alpha value is -3.43. The number of para-hydroxylation sites is 1. The molecule has 2 nitrogen and oxygen atoms in total. The number of thiophene rings is 1.